The molecule has 0 radical (unpaired) electrons. The molecule has 1 aliphatic rings. The van der Waals surface area contributed by atoms with Gasteiger partial charge in [-0.25, -0.2) is 14.8 Å². The molecular weight excluding hydrogens is 451 g/mol. The minimum Gasteiger partial charge on any atom is -0.493 e. The number of piperidine rings is 1. The summed E-state index contributed by atoms with van der Waals surface area (Å²) in [6.45, 7) is 1.23. The molecule has 11 heteroatoms. The number of aromatic amines is 1. The van der Waals surface area contributed by atoms with Crippen LogP contribution in [-0.2, 0) is 6.18 Å². The Bertz CT molecular complexity index is 1420. The summed E-state index contributed by atoms with van der Waals surface area (Å²) in [4.78, 5) is 26.1. The zero-order valence-electron chi connectivity index (χ0n) is 18.5. The number of fused-ring (bicyclic) bond motifs is 2. The van der Waals surface area contributed by atoms with Crippen LogP contribution in [0.5, 0.6) is 11.5 Å². The van der Waals surface area contributed by atoms with Crippen molar-refractivity contribution in [3.63, 3.8) is 0 Å². The van der Waals surface area contributed by atoms with Crippen LogP contribution < -0.4 is 20.1 Å². The van der Waals surface area contributed by atoms with Crippen molar-refractivity contribution in [2.45, 2.75) is 25.1 Å². The van der Waals surface area contributed by atoms with Crippen LogP contribution in [0.25, 0.3) is 21.9 Å². The number of alkyl halides is 3. The maximum atomic E-state index is 13.1. The van der Waals surface area contributed by atoms with E-state index in [1.165, 1.54) is 12.4 Å². The molecule has 3 heterocycles. The van der Waals surface area contributed by atoms with Crippen molar-refractivity contribution in [1.29, 1.82) is 0 Å². The van der Waals surface area contributed by atoms with E-state index in [4.69, 9.17) is 9.47 Å². The number of H-pyrrole nitrogens is 1. The molecule has 0 saturated carbocycles. The third-order valence-corrected chi connectivity index (χ3v) is 6.29. The summed E-state index contributed by atoms with van der Waals surface area (Å²) < 4.78 is 51.5. The lowest BCUT2D eigenvalue weighted by molar-refractivity contribution is -0.137. The van der Waals surface area contributed by atoms with E-state index in [1.54, 1.807) is 24.9 Å². The maximum Gasteiger partial charge on any atom is 0.416 e. The SMILES string of the molecule is COc1cc2ncnc(N3CCC(n4c(=O)[nH]c5cc(C(F)(F)F)ccc54)CC3)c2cc1OC. The molecule has 4 aromatic rings. The first kappa shape index (κ1) is 22.1. The van der Waals surface area contributed by atoms with E-state index in [0.29, 0.717) is 42.9 Å². The maximum absolute atomic E-state index is 13.1. The second kappa shape index (κ2) is 8.23. The molecule has 0 bridgehead atoms. The minimum atomic E-state index is -4.47. The number of aromatic nitrogens is 4. The Hall–Kier alpha value is -3.76. The second-order valence-electron chi connectivity index (χ2n) is 8.17. The van der Waals surface area contributed by atoms with Crippen molar-refractivity contribution in [1.82, 2.24) is 19.5 Å². The summed E-state index contributed by atoms with van der Waals surface area (Å²) >= 11 is 0. The number of hydrogen-bond acceptors (Lipinski definition) is 6. The Balaban J connectivity index is 1.42. The molecule has 1 N–H and O–H groups in total. The molecule has 0 amide bonds. The van der Waals surface area contributed by atoms with E-state index >= 15 is 0 Å². The molecule has 0 spiro atoms. The lowest BCUT2D eigenvalue weighted by atomic mass is 10.0. The van der Waals surface area contributed by atoms with Gasteiger partial charge < -0.3 is 19.4 Å². The van der Waals surface area contributed by atoms with Crippen molar-refractivity contribution in [2.75, 3.05) is 32.2 Å². The predicted molar refractivity (Wildman–Crippen MR) is 121 cm³/mol. The normalized spacial score (nSPS) is 15.3. The van der Waals surface area contributed by atoms with Crippen molar-refractivity contribution < 1.29 is 22.6 Å². The number of halogens is 3. The van der Waals surface area contributed by atoms with Gasteiger partial charge in [-0.3, -0.25) is 4.57 Å². The summed E-state index contributed by atoms with van der Waals surface area (Å²) in [6.07, 6.45) is -1.71. The van der Waals surface area contributed by atoms with Crippen molar-refractivity contribution in [2.24, 2.45) is 0 Å². The Kier molecular flexibility index (Phi) is 5.34. The van der Waals surface area contributed by atoms with Gasteiger partial charge in [-0.05, 0) is 37.1 Å². The number of hydrogen-bond donors (Lipinski definition) is 1. The third kappa shape index (κ3) is 3.70. The first-order valence-electron chi connectivity index (χ1n) is 10.7. The van der Waals surface area contributed by atoms with Crippen LogP contribution in [-0.4, -0.2) is 46.8 Å². The molecule has 0 unspecified atom stereocenters. The first-order valence-corrected chi connectivity index (χ1v) is 10.7. The molecule has 1 fully saturated rings. The second-order valence-corrected chi connectivity index (χ2v) is 8.17. The number of nitrogens with one attached hydrogen (secondary N) is 1. The highest BCUT2D eigenvalue weighted by molar-refractivity contribution is 5.92. The fourth-order valence-corrected chi connectivity index (χ4v) is 4.63. The van der Waals surface area contributed by atoms with E-state index in [-0.39, 0.29) is 11.6 Å². The molecule has 1 aliphatic heterocycles. The molecule has 8 nitrogen and oxygen atoms in total. The molecule has 178 valence electrons. The quantitative estimate of drug-likeness (QED) is 0.479. The van der Waals surface area contributed by atoms with Gasteiger partial charge in [0.05, 0.1) is 36.3 Å². The zero-order chi connectivity index (χ0) is 24.0. The first-order chi connectivity index (χ1) is 16.3. The van der Waals surface area contributed by atoms with Gasteiger partial charge in [-0.1, -0.05) is 0 Å². The number of imidazole rings is 1. The average Bonchev–Trinajstić information content (AvgIpc) is 3.17. The Morgan fingerprint density at radius 1 is 1.03 bits per heavy atom. The highest BCUT2D eigenvalue weighted by atomic mass is 19.4. The number of nitrogens with zero attached hydrogens (tertiary/aromatic N) is 4. The van der Waals surface area contributed by atoms with Crippen molar-refractivity contribution in [3.8, 4) is 11.5 Å². The van der Waals surface area contributed by atoms with Crippen molar-refractivity contribution >= 4 is 27.8 Å². The van der Waals surface area contributed by atoms with Crippen LogP contribution >= 0.6 is 0 Å². The van der Waals surface area contributed by atoms with Gasteiger partial charge in [0.25, 0.3) is 0 Å². The van der Waals surface area contributed by atoms with Crippen LogP contribution in [0.3, 0.4) is 0 Å². The van der Waals surface area contributed by atoms with Crippen LogP contribution in [0.2, 0.25) is 0 Å². The monoisotopic (exact) mass is 473 g/mol. The van der Waals surface area contributed by atoms with Crippen molar-refractivity contribution in [3.05, 3.63) is 52.7 Å². The number of rotatable bonds is 4. The average molecular weight is 473 g/mol. The summed E-state index contributed by atoms with van der Waals surface area (Å²) in [6, 6.07) is 6.86. The molecular formula is C23H22F3N5O3. The molecule has 2 aromatic carbocycles. The van der Waals surface area contributed by atoms with Gasteiger partial charge in [0, 0.05) is 30.6 Å². The largest absolute Gasteiger partial charge is 0.493 e. The highest BCUT2D eigenvalue weighted by Crippen LogP contribution is 2.37. The summed E-state index contributed by atoms with van der Waals surface area (Å²) in [5.74, 6) is 1.90. The molecule has 2 aromatic heterocycles. The highest BCUT2D eigenvalue weighted by Gasteiger charge is 2.32. The molecule has 5 rings (SSSR count). The van der Waals surface area contributed by atoms with Gasteiger partial charge in [-0.2, -0.15) is 13.2 Å². The van der Waals surface area contributed by atoms with Crippen LogP contribution in [0, 0.1) is 0 Å². The number of methoxy groups -OCH3 is 2. The minimum absolute atomic E-state index is 0.142. The van der Waals surface area contributed by atoms with Crippen LogP contribution in [0.1, 0.15) is 24.4 Å². The summed E-state index contributed by atoms with van der Waals surface area (Å²) in [5.41, 5.74) is 0.187. The molecule has 1 saturated heterocycles. The number of ether oxygens (including phenoxy) is 2. The standard InChI is InChI=1S/C23H22F3N5O3/c1-33-19-10-15-16(11-20(19)34-2)27-12-28-21(15)30-7-5-14(6-8-30)31-18-4-3-13(23(24,25)26)9-17(18)29-22(31)32/h3-4,9-12,14H,5-8H2,1-2H3,(H,29,32). The van der Waals surface area contributed by atoms with Gasteiger partial charge >= 0.3 is 11.9 Å². The van der Waals surface area contributed by atoms with E-state index < -0.39 is 17.4 Å². The molecule has 0 aliphatic carbocycles. The molecule has 34 heavy (non-hydrogen) atoms. The van der Waals surface area contributed by atoms with E-state index in [9.17, 15) is 18.0 Å². The predicted octanol–water partition coefficient (Wildman–Crippen LogP) is 4.15. The topological polar surface area (TPSA) is 85.3 Å². The van der Waals surface area contributed by atoms with Gasteiger partial charge in [0.15, 0.2) is 11.5 Å². The van der Waals surface area contributed by atoms with Crippen LogP contribution in [0.4, 0.5) is 19.0 Å². The van der Waals surface area contributed by atoms with Gasteiger partial charge in [0.2, 0.25) is 0 Å². The smallest absolute Gasteiger partial charge is 0.416 e. The van der Waals surface area contributed by atoms with Gasteiger partial charge in [0.1, 0.15) is 12.1 Å². The van der Waals surface area contributed by atoms with E-state index in [2.05, 4.69) is 19.9 Å². The van der Waals surface area contributed by atoms with E-state index in [0.717, 1.165) is 28.9 Å². The lowest BCUT2D eigenvalue weighted by Gasteiger charge is -2.33. The Morgan fingerprint density at radius 2 is 1.74 bits per heavy atom. The lowest BCUT2D eigenvalue weighted by Crippen LogP contribution is -2.37. The summed E-state index contributed by atoms with van der Waals surface area (Å²) in [7, 11) is 3.13. The summed E-state index contributed by atoms with van der Waals surface area (Å²) in [5, 5.41) is 0.822. The van der Waals surface area contributed by atoms with Crippen LogP contribution in [0.15, 0.2) is 41.5 Å². The van der Waals surface area contributed by atoms with Gasteiger partial charge in [-0.15, -0.1) is 0 Å². The Labute approximate surface area is 191 Å². The van der Waals surface area contributed by atoms with E-state index in [1.807, 2.05) is 6.07 Å². The Morgan fingerprint density at radius 3 is 2.41 bits per heavy atom. The fourth-order valence-electron chi connectivity index (χ4n) is 4.63. The molecule has 0 atom stereocenters. The zero-order valence-corrected chi connectivity index (χ0v) is 18.5. The fraction of sp³-hybridized carbons (Fsp3) is 0.348. The number of benzene rings is 2. The number of anilines is 1. The third-order valence-electron chi connectivity index (χ3n) is 6.29.